The van der Waals surface area contributed by atoms with Crippen molar-refractivity contribution in [1.82, 2.24) is 0 Å². The summed E-state index contributed by atoms with van der Waals surface area (Å²) in [6.07, 6.45) is 0. The maximum Gasteiger partial charge on any atom is 0.255 e. The molecule has 0 fully saturated rings. The van der Waals surface area contributed by atoms with Crippen LogP contribution >= 0.6 is 0 Å². The van der Waals surface area contributed by atoms with Gasteiger partial charge in [0.05, 0.1) is 0 Å². The Morgan fingerprint density at radius 1 is 0.895 bits per heavy atom. The number of benzene rings is 2. The first-order chi connectivity index (χ1) is 9.06. The summed E-state index contributed by atoms with van der Waals surface area (Å²) < 4.78 is 0. The first-order valence-corrected chi connectivity index (χ1v) is 5.56. The summed E-state index contributed by atoms with van der Waals surface area (Å²) in [5, 5.41) is 11.8. The normalized spacial score (nSPS) is 9.89. The van der Waals surface area contributed by atoms with Crippen LogP contribution in [0.5, 0.6) is 5.75 Å². The Hall–Kier alpha value is -2.82. The van der Waals surface area contributed by atoms with E-state index in [1.165, 1.54) is 36.4 Å². The van der Waals surface area contributed by atoms with Crippen molar-refractivity contribution in [1.29, 1.82) is 0 Å². The average Bonchev–Trinajstić information content (AvgIpc) is 2.41. The largest absolute Gasteiger partial charge is 0.508 e. The molecule has 4 N–H and O–H groups in total. The third-order valence-corrected chi connectivity index (χ3v) is 2.56. The van der Waals surface area contributed by atoms with E-state index in [-0.39, 0.29) is 11.7 Å². The molecule has 0 aliphatic heterocycles. The number of amides is 2. The number of hydrogen-bond acceptors (Lipinski definition) is 3. The predicted octanol–water partition coefficient (Wildman–Crippen LogP) is 1.74. The van der Waals surface area contributed by atoms with Crippen LogP contribution in [-0.2, 0) is 0 Å². The van der Waals surface area contributed by atoms with Gasteiger partial charge in [0.15, 0.2) is 0 Å². The molecular formula is C14H12N2O3. The Bertz CT molecular complexity index is 604. The second-order valence-corrected chi connectivity index (χ2v) is 3.94. The topological polar surface area (TPSA) is 92.4 Å². The van der Waals surface area contributed by atoms with Crippen LogP contribution in [-0.4, -0.2) is 16.9 Å². The SMILES string of the molecule is NC(=O)c1ccc(C(=O)Nc2ccc(O)cc2)cc1. The number of phenolic OH excluding ortho intramolecular Hbond substituents is 1. The monoisotopic (exact) mass is 256 g/mol. The van der Waals surface area contributed by atoms with Crippen LogP contribution in [0.2, 0.25) is 0 Å². The van der Waals surface area contributed by atoms with Crippen molar-refractivity contribution in [3.05, 3.63) is 59.7 Å². The number of carbonyl (C=O) groups excluding carboxylic acids is 2. The Labute approximate surface area is 109 Å². The fourth-order valence-electron chi connectivity index (χ4n) is 1.53. The third kappa shape index (κ3) is 3.10. The molecule has 0 aliphatic rings. The molecule has 0 heterocycles. The Kier molecular flexibility index (Phi) is 3.47. The summed E-state index contributed by atoms with van der Waals surface area (Å²) in [5.74, 6) is -0.712. The molecule has 0 spiro atoms. The van der Waals surface area contributed by atoms with Gasteiger partial charge in [-0.1, -0.05) is 0 Å². The van der Waals surface area contributed by atoms with E-state index in [9.17, 15) is 9.59 Å². The lowest BCUT2D eigenvalue weighted by atomic mass is 10.1. The van der Waals surface area contributed by atoms with Crippen molar-refractivity contribution in [3.8, 4) is 5.75 Å². The quantitative estimate of drug-likeness (QED) is 0.730. The van der Waals surface area contributed by atoms with Gasteiger partial charge >= 0.3 is 0 Å². The number of rotatable bonds is 3. The molecule has 2 aromatic carbocycles. The van der Waals surface area contributed by atoms with Gasteiger partial charge in [0.25, 0.3) is 5.91 Å². The second-order valence-electron chi connectivity index (χ2n) is 3.94. The van der Waals surface area contributed by atoms with Gasteiger partial charge in [-0.3, -0.25) is 9.59 Å². The number of carbonyl (C=O) groups is 2. The molecule has 0 unspecified atom stereocenters. The van der Waals surface area contributed by atoms with E-state index < -0.39 is 5.91 Å². The molecule has 5 nitrogen and oxygen atoms in total. The standard InChI is InChI=1S/C14H12N2O3/c15-13(18)9-1-3-10(4-2-9)14(19)16-11-5-7-12(17)8-6-11/h1-8,17H,(H2,15,18)(H,16,19). The molecule has 0 atom stereocenters. The maximum atomic E-state index is 11.9. The van der Waals surface area contributed by atoms with Gasteiger partial charge in [0.1, 0.15) is 5.75 Å². The van der Waals surface area contributed by atoms with Crippen LogP contribution in [0.1, 0.15) is 20.7 Å². The number of hydrogen-bond donors (Lipinski definition) is 3. The fraction of sp³-hybridized carbons (Fsp3) is 0. The zero-order chi connectivity index (χ0) is 13.8. The number of aromatic hydroxyl groups is 1. The molecule has 96 valence electrons. The summed E-state index contributed by atoms with van der Waals surface area (Å²) in [4.78, 5) is 22.8. The van der Waals surface area contributed by atoms with Gasteiger partial charge in [-0.15, -0.1) is 0 Å². The summed E-state index contributed by atoms with van der Waals surface area (Å²) in [7, 11) is 0. The molecule has 0 saturated heterocycles. The molecule has 0 saturated carbocycles. The summed E-state index contributed by atoms with van der Waals surface area (Å²) in [6, 6.07) is 12.2. The van der Waals surface area contributed by atoms with E-state index in [1.54, 1.807) is 12.1 Å². The van der Waals surface area contributed by atoms with E-state index in [1.807, 2.05) is 0 Å². The summed E-state index contributed by atoms with van der Waals surface area (Å²) in [5.41, 5.74) is 6.45. The molecule has 5 heteroatoms. The minimum absolute atomic E-state index is 0.129. The van der Waals surface area contributed by atoms with Crippen molar-refractivity contribution >= 4 is 17.5 Å². The van der Waals surface area contributed by atoms with Crippen LogP contribution in [0.3, 0.4) is 0 Å². The molecule has 19 heavy (non-hydrogen) atoms. The van der Waals surface area contributed by atoms with Gasteiger partial charge in [-0.25, -0.2) is 0 Å². The number of primary amides is 1. The van der Waals surface area contributed by atoms with Gasteiger partial charge < -0.3 is 16.2 Å². The molecule has 0 radical (unpaired) electrons. The molecular weight excluding hydrogens is 244 g/mol. The van der Waals surface area contributed by atoms with Crippen molar-refractivity contribution in [2.45, 2.75) is 0 Å². The highest BCUT2D eigenvalue weighted by Crippen LogP contribution is 2.15. The Balaban J connectivity index is 2.11. The maximum absolute atomic E-state index is 11.9. The number of phenols is 1. The minimum atomic E-state index is -0.537. The van der Waals surface area contributed by atoms with Crippen LogP contribution < -0.4 is 11.1 Å². The lowest BCUT2D eigenvalue weighted by Crippen LogP contribution is -2.14. The van der Waals surface area contributed by atoms with Crippen LogP contribution in [0.4, 0.5) is 5.69 Å². The zero-order valence-corrected chi connectivity index (χ0v) is 9.96. The van der Waals surface area contributed by atoms with Crippen LogP contribution in [0, 0.1) is 0 Å². The number of anilines is 1. The molecule has 2 rings (SSSR count). The van der Waals surface area contributed by atoms with E-state index in [4.69, 9.17) is 10.8 Å². The van der Waals surface area contributed by atoms with Crippen molar-refractivity contribution in [2.75, 3.05) is 5.32 Å². The summed E-state index contributed by atoms with van der Waals surface area (Å²) in [6.45, 7) is 0. The highest BCUT2D eigenvalue weighted by Gasteiger charge is 2.07. The highest BCUT2D eigenvalue weighted by atomic mass is 16.3. The third-order valence-electron chi connectivity index (χ3n) is 2.56. The number of nitrogens with two attached hydrogens (primary N) is 1. The van der Waals surface area contributed by atoms with E-state index in [0.29, 0.717) is 16.8 Å². The smallest absolute Gasteiger partial charge is 0.255 e. The van der Waals surface area contributed by atoms with Gasteiger partial charge in [-0.05, 0) is 48.5 Å². The summed E-state index contributed by atoms with van der Waals surface area (Å²) >= 11 is 0. The van der Waals surface area contributed by atoms with E-state index in [2.05, 4.69) is 5.32 Å². The Morgan fingerprint density at radius 2 is 1.42 bits per heavy atom. The van der Waals surface area contributed by atoms with Gasteiger partial charge in [-0.2, -0.15) is 0 Å². The van der Waals surface area contributed by atoms with E-state index >= 15 is 0 Å². The number of nitrogens with one attached hydrogen (secondary N) is 1. The molecule has 0 aromatic heterocycles. The molecule has 0 aliphatic carbocycles. The lowest BCUT2D eigenvalue weighted by molar-refractivity contribution is 0.0995. The molecule has 0 bridgehead atoms. The van der Waals surface area contributed by atoms with Crippen molar-refractivity contribution in [2.24, 2.45) is 5.73 Å². The van der Waals surface area contributed by atoms with Crippen LogP contribution in [0.15, 0.2) is 48.5 Å². The fourth-order valence-corrected chi connectivity index (χ4v) is 1.53. The average molecular weight is 256 g/mol. The van der Waals surface area contributed by atoms with Crippen molar-refractivity contribution < 1.29 is 14.7 Å². The van der Waals surface area contributed by atoms with Crippen molar-refractivity contribution in [3.63, 3.8) is 0 Å². The predicted molar refractivity (Wildman–Crippen MR) is 71.0 cm³/mol. The zero-order valence-electron chi connectivity index (χ0n) is 9.96. The highest BCUT2D eigenvalue weighted by molar-refractivity contribution is 6.05. The lowest BCUT2D eigenvalue weighted by Gasteiger charge is -2.05. The second kappa shape index (κ2) is 5.22. The van der Waals surface area contributed by atoms with Gasteiger partial charge in [0, 0.05) is 16.8 Å². The van der Waals surface area contributed by atoms with E-state index in [0.717, 1.165) is 0 Å². The molecule has 2 aromatic rings. The first-order valence-electron chi connectivity index (χ1n) is 5.56. The minimum Gasteiger partial charge on any atom is -0.508 e. The first kappa shape index (κ1) is 12.6. The van der Waals surface area contributed by atoms with Gasteiger partial charge in [0.2, 0.25) is 5.91 Å². The van der Waals surface area contributed by atoms with Crippen LogP contribution in [0.25, 0.3) is 0 Å². The molecule has 2 amide bonds. The Morgan fingerprint density at radius 3 is 1.95 bits per heavy atom.